The van der Waals surface area contributed by atoms with Crippen molar-refractivity contribution in [3.8, 4) is 0 Å². The van der Waals surface area contributed by atoms with Crippen LogP contribution in [0.5, 0.6) is 0 Å². The minimum absolute atomic E-state index is 0.0792. The summed E-state index contributed by atoms with van der Waals surface area (Å²) in [5.74, 6) is -0.417. The van der Waals surface area contributed by atoms with Crippen molar-refractivity contribution in [2.45, 2.75) is 6.61 Å². The van der Waals surface area contributed by atoms with Crippen LogP contribution >= 0.6 is 0 Å². The van der Waals surface area contributed by atoms with Crippen molar-refractivity contribution in [1.82, 2.24) is 10.6 Å². The third-order valence-electron chi connectivity index (χ3n) is 2.01. The molecule has 0 spiro atoms. The quantitative estimate of drug-likeness (QED) is 0.772. The SMILES string of the molecule is Nc1cc(C(=O)NOCc2ccccc2)no1. The Morgan fingerprint density at radius 2 is 2.18 bits per heavy atom. The van der Waals surface area contributed by atoms with Gasteiger partial charge < -0.3 is 10.3 Å². The number of rotatable bonds is 4. The van der Waals surface area contributed by atoms with Gasteiger partial charge in [-0.2, -0.15) is 0 Å². The van der Waals surface area contributed by atoms with Gasteiger partial charge in [0, 0.05) is 6.07 Å². The molecule has 0 aliphatic heterocycles. The van der Waals surface area contributed by atoms with E-state index in [1.54, 1.807) is 0 Å². The first-order valence-electron chi connectivity index (χ1n) is 4.94. The van der Waals surface area contributed by atoms with Gasteiger partial charge in [-0.05, 0) is 5.56 Å². The molecule has 0 saturated heterocycles. The molecular weight excluding hydrogens is 222 g/mol. The number of hydrogen-bond acceptors (Lipinski definition) is 5. The number of amides is 1. The van der Waals surface area contributed by atoms with Gasteiger partial charge >= 0.3 is 0 Å². The maximum absolute atomic E-state index is 11.4. The fourth-order valence-corrected chi connectivity index (χ4v) is 1.21. The summed E-state index contributed by atoms with van der Waals surface area (Å²) in [6, 6.07) is 10.8. The highest BCUT2D eigenvalue weighted by atomic mass is 16.7. The molecule has 0 aliphatic carbocycles. The number of carbonyl (C=O) groups is 1. The minimum Gasteiger partial charge on any atom is -0.368 e. The van der Waals surface area contributed by atoms with Crippen molar-refractivity contribution >= 4 is 11.8 Å². The third kappa shape index (κ3) is 3.05. The third-order valence-corrected chi connectivity index (χ3v) is 2.01. The van der Waals surface area contributed by atoms with Crippen LogP contribution in [0.3, 0.4) is 0 Å². The second kappa shape index (κ2) is 5.13. The highest BCUT2D eigenvalue weighted by Crippen LogP contribution is 2.04. The summed E-state index contributed by atoms with van der Waals surface area (Å²) < 4.78 is 4.56. The Labute approximate surface area is 97.3 Å². The number of hydroxylamine groups is 1. The average molecular weight is 233 g/mol. The largest absolute Gasteiger partial charge is 0.368 e. The van der Waals surface area contributed by atoms with Crippen LogP contribution in [-0.4, -0.2) is 11.1 Å². The topological polar surface area (TPSA) is 90.4 Å². The maximum atomic E-state index is 11.4. The molecule has 1 aromatic carbocycles. The molecule has 0 bridgehead atoms. The van der Waals surface area contributed by atoms with Crippen LogP contribution in [0.25, 0.3) is 0 Å². The summed E-state index contributed by atoms with van der Waals surface area (Å²) in [5, 5.41) is 3.45. The Morgan fingerprint density at radius 3 is 2.82 bits per heavy atom. The van der Waals surface area contributed by atoms with E-state index in [0.717, 1.165) is 5.56 Å². The summed E-state index contributed by atoms with van der Waals surface area (Å²) in [6.45, 7) is 0.278. The zero-order valence-electron chi connectivity index (χ0n) is 8.92. The van der Waals surface area contributed by atoms with Crippen molar-refractivity contribution in [1.29, 1.82) is 0 Å². The Balaban J connectivity index is 1.81. The lowest BCUT2D eigenvalue weighted by atomic mass is 10.2. The van der Waals surface area contributed by atoms with E-state index in [-0.39, 0.29) is 18.2 Å². The predicted molar refractivity (Wildman–Crippen MR) is 59.6 cm³/mol. The smallest absolute Gasteiger partial charge is 0.297 e. The van der Waals surface area contributed by atoms with Crippen LogP contribution in [0.2, 0.25) is 0 Å². The Kier molecular flexibility index (Phi) is 3.37. The minimum atomic E-state index is -0.499. The Morgan fingerprint density at radius 1 is 1.41 bits per heavy atom. The summed E-state index contributed by atoms with van der Waals surface area (Å²) in [6.07, 6.45) is 0. The van der Waals surface area contributed by atoms with Crippen LogP contribution in [0.15, 0.2) is 40.9 Å². The molecule has 88 valence electrons. The lowest BCUT2D eigenvalue weighted by Gasteiger charge is -2.03. The van der Waals surface area contributed by atoms with Gasteiger partial charge in [0.25, 0.3) is 5.91 Å². The summed E-state index contributed by atoms with van der Waals surface area (Å²) >= 11 is 0. The normalized spacial score (nSPS) is 10.1. The van der Waals surface area contributed by atoms with Gasteiger partial charge in [-0.15, -0.1) is 0 Å². The van der Waals surface area contributed by atoms with Gasteiger partial charge in [0.2, 0.25) is 5.88 Å². The summed E-state index contributed by atoms with van der Waals surface area (Å²) in [7, 11) is 0. The molecule has 0 fully saturated rings. The van der Waals surface area contributed by atoms with Crippen molar-refractivity contribution in [2.75, 3.05) is 5.73 Å². The number of nitrogens with one attached hydrogen (secondary N) is 1. The number of aromatic nitrogens is 1. The second-order valence-corrected chi connectivity index (χ2v) is 3.32. The number of nitrogens with zero attached hydrogens (tertiary/aromatic N) is 1. The lowest BCUT2D eigenvalue weighted by molar-refractivity contribution is 0.0226. The number of carbonyl (C=O) groups excluding carboxylic acids is 1. The van der Waals surface area contributed by atoms with Crippen LogP contribution in [-0.2, 0) is 11.4 Å². The summed E-state index contributed by atoms with van der Waals surface area (Å²) in [4.78, 5) is 16.5. The van der Waals surface area contributed by atoms with Gasteiger partial charge in [0.1, 0.15) is 0 Å². The van der Waals surface area contributed by atoms with Crippen molar-refractivity contribution < 1.29 is 14.2 Å². The van der Waals surface area contributed by atoms with Gasteiger partial charge in [-0.1, -0.05) is 35.5 Å². The van der Waals surface area contributed by atoms with E-state index in [2.05, 4.69) is 15.2 Å². The molecule has 3 N–H and O–H groups in total. The zero-order chi connectivity index (χ0) is 12.1. The zero-order valence-corrected chi connectivity index (χ0v) is 8.92. The number of nitrogens with two attached hydrogens (primary N) is 1. The van der Waals surface area contributed by atoms with E-state index >= 15 is 0 Å². The fraction of sp³-hybridized carbons (Fsp3) is 0.0909. The maximum Gasteiger partial charge on any atom is 0.297 e. The molecule has 0 atom stereocenters. The summed E-state index contributed by atoms with van der Waals surface area (Å²) in [5.41, 5.74) is 8.56. The molecule has 0 unspecified atom stereocenters. The number of nitrogen functional groups attached to an aromatic ring is 1. The fourth-order valence-electron chi connectivity index (χ4n) is 1.21. The van der Waals surface area contributed by atoms with E-state index in [9.17, 15) is 4.79 Å². The standard InChI is InChI=1S/C11H11N3O3/c12-10-6-9(13-17-10)11(15)14-16-7-8-4-2-1-3-5-8/h1-6H,7,12H2,(H,14,15). The molecule has 2 aromatic rings. The van der Waals surface area contributed by atoms with E-state index < -0.39 is 5.91 Å². The first kappa shape index (κ1) is 11.2. The van der Waals surface area contributed by atoms with E-state index in [1.165, 1.54) is 6.07 Å². The van der Waals surface area contributed by atoms with E-state index in [0.29, 0.717) is 0 Å². The van der Waals surface area contributed by atoms with Crippen molar-refractivity contribution in [2.24, 2.45) is 0 Å². The molecule has 2 rings (SSSR count). The van der Waals surface area contributed by atoms with Crippen LogP contribution in [0.1, 0.15) is 16.1 Å². The molecule has 0 aliphatic rings. The van der Waals surface area contributed by atoms with Crippen molar-refractivity contribution in [3.63, 3.8) is 0 Å². The Hall–Kier alpha value is -2.34. The molecule has 1 aromatic heterocycles. The van der Waals surface area contributed by atoms with Gasteiger partial charge in [-0.25, -0.2) is 5.48 Å². The molecule has 0 radical (unpaired) electrons. The average Bonchev–Trinajstić information content (AvgIpc) is 2.77. The monoisotopic (exact) mass is 233 g/mol. The van der Waals surface area contributed by atoms with Crippen LogP contribution in [0, 0.1) is 0 Å². The molecule has 6 heteroatoms. The highest BCUT2D eigenvalue weighted by Gasteiger charge is 2.10. The first-order valence-corrected chi connectivity index (χ1v) is 4.94. The van der Waals surface area contributed by atoms with Gasteiger partial charge in [-0.3, -0.25) is 9.63 Å². The number of benzene rings is 1. The van der Waals surface area contributed by atoms with E-state index in [1.807, 2.05) is 30.3 Å². The van der Waals surface area contributed by atoms with Gasteiger partial charge in [0.15, 0.2) is 5.69 Å². The highest BCUT2D eigenvalue weighted by molar-refractivity contribution is 5.91. The van der Waals surface area contributed by atoms with Crippen LogP contribution < -0.4 is 11.2 Å². The molecule has 1 heterocycles. The first-order chi connectivity index (χ1) is 8.25. The van der Waals surface area contributed by atoms with Crippen LogP contribution in [0.4, 0.5) is 5.88 Å². The Bertz CT molecular complexity index is 496. The molecular formula is C11H11N3O3. The molecule has 6 nitrogen and oxygen atoms in total. The second-order valence-electron chi connectivity index (χ2n) is 3.32. The molecule has 17 heavy (non-hydrogen) atoms. The number of hydrogen-bond donors (Lipinski definition) is 2. The lowest BCUT2D eigenvalue weighted by Crippen LogP contribution is -2.23. The number of anilines is 1. The molecule has 1 amide bonds. The van der Waals surface area contributed by atoms with Crippen molar-refractivity contribution in [3.05, 3.63) is 47.7 Å². The van der Waals surface area contributed by atoms with E-state index in [4.69, 9.17) is 10.6 Å². The molecule has 0 saturated carbocycles. The van der Waals surface area contributed by atoms with Gasteiger partial charge in [0.05, 0.1) is 6.61 Å². The predicted octanol–water partition coefficient (Wildman–Crippen LogP) is 1.12.